The molecule has 0 aliphatic carbocycles. The van der Waals surface area contributed by atoms with Gasteiger partial charge in [0.05, 0.1) is 16.8 Å². The molecule has 20 heavy (non-hydrogen) atoms. The summed E-state index contributed by atoms with van der Waals surface area (Å²) in [6.07, 6.45) is 0. The van der Waals surface area contributed by atoms with Crippen molar-refractivity contribution in [3.63, 3.8) is 0 Å². The standard InChI is InChI=1S/C16H10FNO2/c17-11-6-7-12-13(16(19)20)9-14(18-15(12)8-11)10-4-2-1-3-5-10/h1-9H,(H,19,20). The Hall–Kier alpha value is -2.75. The van der Waals surface area contributed by atoms with E-state index in [1.807, 2.05) is 30.3 Å². The molecule has 0 spiro atoms. The number of carboxylic acid groups (broad SMARTS) is 1. The van der Waals surface area contributed by atoms with Gasteiger partial charge in [-0.25, -0.2) is 14.2 Å². The molecule has 0 amide bonds. The first kappa shape index (κ1) is 12.3. The van der Waals surface area contributed by atoms with Crippen molar-refractivity contribution in [3.05, 3.63) is 66.0 Å². The topological polar surface area (TPSA) is 50.2 Å². The minimum atomic E-state index is -1.05. The average molecular weight is 267 g/mol. The van der Waals surface area contributed by atoms with Crippen molar-refractivity contribution in [2.45, 2.75) is 0 Å². The van der Waals surface area contributed by atoms with Gasteiger partial charge in [0.2, 0.25) is 0 Å². The van der Waals surface area contributed by atoms with Crippen molar-refractivity contribution in [1.82, 2.24) is 4.98 Å². The van der Waals surface area contributed by atoms with Crippen LogP contribution in [0, 0.1) is 5.82 Å². The third-order valence-electron chi connectivity index (χ3n) is 3.07. The number of carbonyl (C=O) groups is 1. The zero-order chi connectivity index (χ0) is 14.1. The molecule has 4 heteroatoms. The smallest absolute Gasteiger partial charge is 0.336 e. The minimum absolute atomic E-state index is 0.119. The fraction of sp³-hybridized carbons (Fsp3) is 0. The van der Waals surface area contributed by atoms with E-state index in [4.69, 9.17) is 0 Å². The molecule has 3 nitrogen and oxygen atoms in total. The molecule has 0 atom stereocenters. The van der Waals surface area contributed by atoms with Gasteiger partial charge in [-0.2, -0.15) is 0 Å². The van der Waals surface area contributed by atoms with Crippen LogP contribution < -0.4 is 0 Å². The number of carboxylic acids is 1. The first-order valence-corrected chi connectivity index (χ1v) is 6.04. The van der Waals surface area contributed by atoms with Gasteiger partial charge in [0.15, 0.2) is 0 Å². The zero-order valence-corrected chi connectivity index (χ0v) is 10.4. The average Bonchev–Trinajstić information content (AvgIpc) is 2.46. The lowest BCUT2D eigenvalue weighted by molar-refractivity contribution is 0.0699. The van der Waals surface area contributed by atoms with E-state index in [-0.39, 0.29) is 5.56 Å². The van der Waals surface area contributed by atoms with E-state index >= 15 is 0 Å². The van der Waals surface area contributed by atoms with E-state index in [1.54, 1.807) is 0 Å². The molecule has 0 aliphatic heterocycles. The lowest BCUT2D eigenvalue weighted by Crippen LogP contribution is -2.00. The van der Waals surface area contributed by atoms with Gasteiger partial charge in [-0.15, -0.1) is 0 Å². The van der Waals surface area contributed by atoms with Gasteiger partial charge in [-0.3, -0.25) is 0 Å². The van der Waals surface area contributed by atoms with Crippen LogP contribution in [0.3, 0.4) is 0 Å². The Kier molecular flexibility index (Phi) is 2.91. The van der Waals surface area contributed by atoms with Crippen LogP contribution in [0.15, 0.2) is 54.6 Å². The van der Waals surface area contributed by atoms with Crippen molar-refractivity contribution in [1.29, 1.82) is 0 Å². The predicted molar refractivity (Wildman–Crippen MR) is 74.1 cm³/mol. The molecule has 1 aromatic heterocycles. The van der Waals surface area contributed by atoms with Gasteiger partial charge in [-0.05, 0) is 18.2 Å². The molecule has 3 aromatic rings. The molecule has 98 valence electrons. The quantitative estimate of drug-likeness (QED) is 0.769. The number of aromatic carboxylic acids is 1. The van der Waals surface area contributed by atoms with E-state index < -0.39 is 11.8 Å². The van der Waals surface area contributed by atoms with Crippen molar-refractivity contribution in [3.8, 4) is 11.3 Å². The largest absolute Gasteiger partial charge is 0.478 e. The van der Waals surface area contributed by atoms with Crippen LogP contribution in [-0.4, -0.2) is 16.1 Å². The van der Waals surface area contributed by atoms with E-state index in [0.717, 1.165) is 5.56 Å². The van der Waals surface area contributed by atoms with E-state index in [1.165, 1.54) is 24.3 Å². The van der Waals surface area contributed by atoms with Gasteiger partial charge in [0.25, 0.3) is 0 Å². The molecule has 0 saturated carbocycles. The summed E-state index contributed by atoms with van der Waals surface area (Å²) in [7, 11) is 0. The van der Waals surface area contributed by atoms with Crippen LogP contribution in [0.5, 0.6) is 0 Å². The van der Waals surface area contributed by atoms with Gasteiger partial charge in [0.1, 0.15) is 5.82 Å². The van der Waals surface area contributed by atoms with Gasteiger partial charge >= 0.3 is 5.97 Å². The molecule has 0 aliphatic rings. The Morgan fingerprint density at radius 1 is 1.05 bits per heavy atom. The van der Waals surface area contributed by atoms with Crippen LogP contribution in [0.25, 0.3) is 22.2 Å². The number of aromatic nitrogens is 1. The molecule has 1 heterocycles. The molecule has 0 bridgehead atoms. The summed E-state index contributed by atoms with van der Waals surface area (Å²) < 4.78 is 13.3. The maximum absolute atomic E-state index is 13.3. The molecular formula is C16H10FNO2. The van der Waals surface area contributed by atoms with Crippen LogP contribution >= 0.6 is 0 Å². The first-order valence-electron chi connectivity index (χ1n) is 6.04. The fourth-order valence-electron chi connectivity index (χ4n) is 2.14. The summed E-state index contributed by atoms with van der Waals surface area (Å²) in [6, 6.07) is 14.6. The molecule has 3 rings (SSSR count). The summed E-state index contributed by atoms with van der Waals surface area (Å²) in [5.74, 6) is -1.49. The lowest BCUT2D eigenvalue weighted by Gasteiger charge is -2.07. The summed E-state index contributed by atoms with van der Waals surface area (Å²) in [6.45, 7) is 0. The monoisotopic (exact) mass is 267 g/mol. The number of fused-ring (bicyclic) bond motifs is 1. The molecule has 0 saturated heterocycles. The minimum Gasteiger partial charge on any atom is -0.478 e. The second-order valence-corrected chi connectivity index (χ2v) is 4.39. The number of pyridine rings is 1. The van der Waals surface area contributed by atoms with Crippen LogP contribution in [0.4, 0.5) is 4.39 Å². The third-order valence-corrected chi connectivity index (χ3v) is 3.07. The Labute approximate surface area is 114 Å². The Morgan fingerprint density at radius 2 is 1.80 bits per heavy atom. The fourth-order valence-corrected chi connectivity index (χ4v) is 2.14. The number of nitrogens with zero attached hydrogens (tertiary/aromatic N) is 1. The van der Waals surface area contributed by atoms with Crippen LogP contribution in [0.1, 0.15) is 10.4 Å². The summed E-state index contributed by atoms with van der Waals surface area (Å²) in [4.78, 5) is 15.7. The highest BCUT2D eigenvalue weighted by Crippen LogP contribution is 2.25. The normalized spacial score (nSPS) is 10.7. The number of hydrogen-bond acceptors (Lipinski definition) is 2. The highest BCUT2D eigenvalue weighted by molar-refractivity contribution is 6.03. The SMILES string of the molecule is O=C(O)c1cc(-c2ccccc2)nc2cc(F)ccc12. The maximum atomic E-state index is 13.3. The van der Waals surface area contributed by atoms with Gasteiger partial charge < -0.3 is 5.11 Å². The summed E-state index contributed by atoms with van der Waals surface area (Å²) in [5, 5.41) is 9.73. The first-order chi connectivity index (χ1) is 9.65. The second kappa shape index (κ2) is 4.74. The summed E-state index contributed by atoms with van der Waals surface area (Å²) in [5.41, 5.74) is 1.76. The van der Waals surface area contributed by atoms with Gasteiger partial charge in [-0.1, -0.05) is 30.3 Å². The molecule has 0 fully saturated rings. The summed E-state index contributed by atoms with van der Waals surface area (Å²) >= 11 is 0. The number of halogens is 1. The number of hydrogen-bond donors (Lipinski definition) is 1. The van der Waals surface area contributed by atoms with E-state index in [0.29, 0.717) is 16.6 Å². The number of benzene rings is 2. The Balaban J connectivity index is 2.32. The van der Waals surface area contributed by atoms with Crippen LogP contribution in [0.2, 0.25) is 0 Å². The van der Waals surface area contributed by atoms with Crippen molar-refractivity contribution < 1.29 is 14.3 Å². The molecule has 1 N–H and O–H groups in total. The molecule has 0 radical (unpaired) electrons. The van der Waals surface area contributed by atoms with Crippen molar-refractivity contribution in [2.24, 2.45) is 0 Å². The van der Waals surface area contributed by atoms with E-state index in [9.17, 15) is 14.3 Å². The molecular weight excluding hydrogens is 257 g/mol. The zero-order valence-electron chi connectivity index (χ0n) is 10.4. The van der Waals surface area contributed by atoms with Crippen molar-refractivity contribution in [2.75, 3.05) is 0 Å². The van der Waals surface area contributed by atoms with Crippen molar-refractivity contribution >= 4 is 16.9 Å². The molecule has 0 unspecified atom stereocenters. The highest BCUT2D eigenvalue weighted by atomic mass is 19.1. The Bertz CT molecular complexity index is 800. The Morgan fingerprint density at radius 3 is 2.50 bits per heavy atom. The van der Waals surface area contributed by atoms with Gasteiger partial charge in [0, 0.05) is 17.0 Å². The maximum Gasteiger partial charge on any atom is 0.336 e. The van der Waals surface area contributed by atoms with E-state index in [2.05, 4.69) is 4.98 Å². The lowest BCUT2D eigenvalue weighted by atomic mass is 10.0. The second-order valence-electron chi connectivity index (χ2n) is 4.39. The third kappa shape index (κ3) is 2.12. The van der Waals surface area contributed by atoms with Crippen LogP contribution in [-0.2, 0) is 0 Å². The predicted octanol–water partition coefficient (Wildman–Crippen LogP) is 3.74. The highest BCUT2D eigenvalue weighted by Gasteiger charge is 2.13. The molecule has 2 aromatic carbocycles. The number of rotatable bonds is 2.